The molecule has 5 nitrogen and oxygen atoms in total. The van der Waals surface area contributed by atoms with Crippen LogP contribution in [0.4, 0.5) is 0 Å². The molecule has 0 heterocycles. The minimum absolute atomic E-state index is 0.0726. The van der Waals surface area contributed by atoms with Crippen molar-refractivity contribution in [2.24, 2.45) is 0 Å². The second kappa shape index (κ2) is 3.68. The molecule has 0 fully saturated rings. The summed E-state index contributed by atoms with van der Waals surface area (Å²) in [5.41, 5.74) is 0. The Labute approximate surface area is 65.7 Å². The monoisotopic (exact) mass is 181 g/mol. The van der Waals surface area contributed by atoms with Gasteiger partial charge in [0.25, 0.3) is 0 Å². The van der Waals surface area contributed by atoms with Crippen LogP contribution in [0.5, 0.6) is 0 Å². The van der Waals surface area contributed by atoms with Gasteiger partial charge in [0.15, 0.2) is 0 Å². The van der Waals surface area contributed by atoms with Crippen molar-refractivity contribution in [2.75, 3.05) is 19.3 Å². The van der Waals surface area contributed by atoms with Gasteiger partial charge < -0.3 is 5.11 Å². The van der Waals surface area contributed by atoms with E-state index < -0.39 is 22.5 Å². The molecule has 0 aliphatic heterocycles. The van der Waals surface area contributed by atoms with E-state index in [0.717, 1.165) is 4.31 Å². The van der Waals surface area contributed by atoms with Gasteiger partial charge in [0.1, 0.15) is 6.54 Å². The summed E-state index contributed by atoms with van der Waals surface area (Å²) in [6.07, 6.45) is 0. The summed E-state index contributed by atoms with van der Waals surface area (Å²) in [7, 11) is -2.10. The quantitative estimate of drug-likeness (QED) is 0.625. The molecule has 0 radical (unpaired) electrons. The van der Waals surface area contributed by atoms with Gasteiger partial charge in [-0.1, -0.05) is 0 Å². The van der Waals surface area contributed by atoms with Gasteiger partial charge in [0.2, 0.25) is 10.0 Å². The molecule has 6 heteroatoms. The van der Waals surface area contributed by atoms with Crippen LogP contribution in [0.25, 0.3) is 0 Å². The minimum Gasteiger partial charge on any atom is -0.480 e. The molecule has 0 aromatic heterocycles. The SMILES string of the molecule is CCS(=O)(=O)N(C)CC(=O)O. The normalized spacial score (nSPS) is 11.9. The van der Waals surface area contributed by atoms with E-state index in [1.54, 1.807) is 0 Å². The van der Waals surface area contributed by atoms with Crippen molar-refractivity contribution in [1.29, 1.82) is 0 Å². The van der Waals surface area contributed by atoms with Crippen LogP contribution in [-0.4, -0.2) is 43.1 Å². The highest BCUT2D eigenvalue weighted by molar-refractivity contribution is 7.89. The van der Waals surface area contributed by atoms with E-state index in [-0.39, 0.29) is 5.75 Å². The number of nitrogens with zero attached hydrogens (tertiary/aromatic N) is 1. The molecule has 0 saturated heterocycles. The summed E-state index contributed by atoms with van der Waals surface area (Å²) < 4.78 is 22.6. The first-order chi connectivity index (χ1) is 4.90. The highest BCUT2D eigenvalue weighted by Gasteiger charge is 2.16. The van der Waals surface area contributed by atoms with Crippen molar-refractivity contribution in [1.82, 2.24) is 4.31 Å². The Bertz CT molecular complexity index is 233. The molecule has 0 atom stereocenters. The van der Waals surface area contributed by atoms with Gasteiger partial charge in [0, 0.05) is 7.05 Å². The molecule has 0 aromatic carbocycles. The zero-order chi connectivity index (χ0) is 9.07. The number of carboxylic acids is 1. The van der Waals surface area contributed by atoms with E-state index in [1.165, 1.54) is 14.0 Å². The lowest BCUT2D eigenvalue weighted by Crippen LogP contribution is -2.33. The number of carboxylic acid groups (broad SMARTS) is 1. The lowest BCUT2D eigenvalue weighted by Gasteiger charge is -2.12. The maximum Gasteiger partial charge on any atom is 0.318 e. The zero-order valence-corrected chi connectivity index (χ0v) is 7.26. The number of aliphatic carboxylic acids is 1. The second-order valence-corrected chi connectivity index (χ2v) is 4.41. The fraction of sp³-hybridized carbons (Fsp3) is 0.800. The van der Waals surface area contributed by atoms with Crippen LogP contribution in [0.15, 0.2) is 0 Å². The maximum atomic E-state index is 10.9. The smallest absolute Gasteiger partial charge is 0.318 e. The topological polar surface area (TPSA) is 74.7 Å². The van der Waals surface area contributed by atoms with Crippen LogP contribution >= 0.6 is 0 Å². The molecule has 0 aromatic rings. The molecule has 0 rings (SSSR count). The van der Waals surface area contributed by atoms with Crippen LogP contribution in [0.2, 0.25) is 0 Å². The first kappa shape index (κ1) is 10.4. The Kier molecular flexibility index (Phi) is 3.47. The van der Waals surface area contributed by atoms with Crippen molar-refractivity contribution < 1.29 is 18.3 Å². The average molecular weight is 181 g/mol. The second-order valence-electron chi connectivity index (χ2n) is 2.05. The number of hydrogen-bond acceptors (Lipinski definition) is 3. The highest BCUT2D eigenvalue weighted by Crippen LogP contribution is 1.95. The van der Waals surface area contributed by atoms with Crippen molar-refractivity contribution in [3.63, 3.8) is 0 Å². The predicted octanol–water partition coefficient (Wildman–Crippen LogP) is -0.648. The van der Waals surface area contributed by atoms with Crippen molar-refractivity contribution in [3.05, 3.63) is 0 Å². The standard InChI is InChI=1S/C5H11NO4S/c1-3-11(9,10)6(2)4-5(7)8/h3-4H2,1-2H3,(H,7,8). The Hall–Kier alpha value is -0.620. The van der Waals surface area contributed by atoms with Crippen LogP contribution in [0, 0.1) is 0 Å². The van der Waals surface area contributed by atoms with Gasteiger partial charge in [0.05, 0.1) is 5.75 Å². The highest BCUT2D eigenvalue weighted by atomic mass is 32.2. The summed E-state index contributed by atoms with van der Waals surface area (Å²) in [4.78, 5) is 10.1. The van der Waals surface area contributed by atoms with Gasteiger partial charge in [-0.05, 0) is 6.92 Å². The molecule has 0 bridgehead atoms. The van der Waals surface area contributed by atoms with Crippen LogP contribution < -0.4 is 0 Å². The molecule has 0 spiro atoms. The van der Waals surface area contributed by atoms with E-state index in [9.17, 15) is 13.2 Å². The van der Waals surface area contributed by atoms with Crippen molar-refractivity contribution in [2.45, 2.75) is 6.92 Å². The minimum atomic E-state index is -3.34. The summed E-state index contributed by atoms with van der Waals surface area (Å²) in [5.74, 6) is -1.22. The lowest BCUT2D eigenvalue weighted by molar-refractivity contribution is -0.137. The fourth-order valence-electron chi connectivity index (χ4n) is 0.509. The number of carbonyl (C=O) groups is 1. The summed E-state index contributed by atoms with van der Waals surface area (Å²) in [5, 5.41) is 8.24. The fourth-order valence-corrected chi connectivity index (χ4v) is 1.26. The number of hydrogen-bond donors (Lipinski definition) is 1. The maximum absolute atomic E-state index is 10.9. The number of sulfonamides is 1. The Morgan fingerprint density at radius 3 is 2.27 bits per heavy atom. The Morgan fingerprint density at radius 1 is 1.55 bits per heavy atom. The number of rotatable bonds is 4. The molecular formula is C5H11NO4S. The molecule has 0 aliphatic carbocycles. The van der Waals surface area contributed by atoms with E-state index in [4.69, 9.17) is 5.11 Å². The molecule has 11 heavy (non-hydrogen) atoms. The molecular weight excluding hydrogens is 170 g/mol. The molecule has 0 saturated carbocycles. The van der Waals surface area contributed by atoms with Gasteiger partial charge in [-0.25, -0.2) is 8.42 Å². The van der Waals surface area contributed by atoms with E-state index >= 15 is 0 Å². The van der Waals surface area contributed by atoms with Crippen LogP contribution in [-0.2, 0) is 14.8 Å². The van der Waals surface area contributed by atoms with E-state index in [2.05, 4.69) is 0 Å². The third-order valence-corrected chi connectivity index (χ3v) is 3.01. The first-order valence-corrected chi connectivity index (χ1v) is 4.67. The third-order valence-electron chi connectivity index (χ3n) is 1.20. The summed E-state index contributed by atoms with van der Waals surface area (Å²) in [6, 6.07) is 0. The molecule has 0 aliphatic rings. The molecule has 1 N–H and O–H groups in total. The number of likely N-dealkylation sites (N-methyl/N-ethyl adjacent to an activating group) is 1. The van der Waals surface area contributed by atoms with Crippen molar-refractivity contribution in [3.8, 4) is 0 Å². The van der Waals surface area contributed by atoms with Gasteiger partial charge in [-0.15, -0.1) is 0 Å². The lowest BCUT2D eigenvalue weighted by atomic mass is 10.7. The molecule has 0 unspecified atom stereocenters. The Morgan fingerprint density at radius 2 is 2.00 bits per heavy atom. The Balaban J connectivity index is 4.26. The zero-order valence-electron chi connectivity index (χ0n) is 6.44. The van der Waals surface area contributed by atoms with Gasteiger partial charge in [-0.3, -0.25) is 4.79 Å². The summed E-state index contributed by atoms with van der Waals surface area (Å²) >= 11 is 0. The van der Waals surface area contributed by atoms with E-state index in [0.29, 0.717) is 0 Å². The first-order valence-electron chi connectivity index (χ1n) is 3.06. The molecule has 66 valence electrons. The predicted molar refractivity (Wildman–Crippen MR) is 39.7 cm³/mol. The average Bonchev–Trinajstić information content (AvgIpc) is 1.86. The van der Waals surface area contributed by atoms with Crippen LogP contribution in [0.3, 0.4) is 0 Å². The largest absolute Gasteiger partial charge is 0.480 e. The van der Waals surface area contributed by atoms with Gasteiger partial charge >= 0.3 is 5.97 Å². The van der Waals surface area contributed by atoms with Crippen LogP contribution in [0.1, 0.15) is 6.92 Å². The molecule has 0 amide bonds. The summed E-state index contributed by atoms with van der Waals surface area (Å²) in [6.45, 7) is 0.990. The van der Waals surface area contributed by atoms with Crippen molar-refractivity contribution >= 4 is 16.0 Å². The van der Waals surface area contributed by atoms with Gasteiger partial charge in [-0.2, -0.15) is 4.31 Å². The third kappa shape index (κ3) is 3.33. The van der Waals surface area contributed by atoms with E-state index in [1.807, 2.05) is 0 Å².